The van der Waals surface area contributed by atoms with E-state index in [-0.39, 0.29) is 0 Å². The van der Waals surface area contributed by atoms with E-state index in [2.05, 4.69) is 146 Å². The Morgan fingerprint density at radius 2 is 0.278 bits per heavy atom. The third-order valence-electron chi connectivity index (χ3n) is 7.18. The van der Waals surface area contributed by atoms with Crippen molar-refractivity contribution in [3.8, 4) is 0 Å². The Hall–Kier alpha value is -4.68. The molecule has 7 rings (SSSR count). The largest absolute Gasteiger partial charge is 0.0610 e. The first-order valence-corrected chi connectivity index (χ1v) is 12.4. The molecule has 7 aromatic rings. The van der Waals surface area contributed by atoms with Gasteiger partial charge in [-0.15, -0.1) is 0 Å². The number of hydrogen-bond acceptors (Lipinski definition) is 0. The smallest absolute Gasteiger partial charge is 0.0178 e. The molecule has 0 aromatic heterocycles. The summed E-state index contributed by atoms with van der Waals surface area (Å²) < 4.78 is 0. The monoisotopic (exact) mass is 456 g/mol. The van der Waals surface area contributed by atoms with Crippen LogP contribution in [0.3, 0.4) is 0 Å². The lowest BCUT2D eigenvalue weighted by molar-refractivity contribution is 1.77. The lowest BCUT2D eigenvalue weighted by atomic mass is 10.0. The second-order valence-electron chi connectivity index (χ2n) is 9.48. The van der Waals surface area contributed by atoms with Crippen LogP contribution in [0.5, 0.6) is 0 Å². The minimum absolute atomic E-state index is 1.23. The Labute approximate surface area is 210 Å². The van der Waals surface area contributed by atoms with Crippen molar-refractivity contribution in [3.63, 3.8) is 0 Å². The molecule has 0 amide bonds. The summed E-state index contributed by atoms with van der Waals surface area (Å²) in [4.78, 5) is 0. The van der Waals surface area contributed by atoms with Crippen LogP contribution in [-0.2, 0) is 0 Å². The van der Waals surface area contributed by atoms with Crippen molar-refractivity contribution in [3.05, 3.63) is 146 Å². The molecule has 0 heterocycles. The predicted molar refractivity (Wildman–Crippen MR) is 158 cm³/mol. The van der Waals surface area contributed by atoms with Gasteiger partial charge in [0.25, 0.3) is 0 Å². The van der Waals surface area contributed by atoms with Crippen LogP contribution >= 0.6 is 0 Å². The average molecular weight is 457 g/mol. The van der Waals surface area contributed by atoms with Gasteiger partial charge < -0.3 is 0 Å². The number of fused-ring (bicyclic) bond motifs is 18. The van der Waals surface area contributed by atoms with Crippen LogP contribution in [0.4, 0.5) is 0 Å². The Morgan fingerprint density at radius 1 is 0.167 bits per heavy atom. The molecule has 168 valence electrons. The van der Waals surface area contributed by atoms with Gasteiger partial charge in [0.1, 0.15) is 0 Å². The topological polar surface area (TPSA) is 0 Å². The van der Waals surface area contributed by atoms with Gasteiger partial charge in [-0.25, -0.2) is 0 Å². The Morgan fingerprint density at radius 3 is 0.389 bits per heavy atom. The summed E-state index contributed by atoms with van der Waals surface area (Å²) in [6, 6.07) is 53.3. The van der Waals surface area contributed by atoms with Crippen molar-refractivity contribution in [2.45, 2.75) is 0 Å². The highest BCUT2D eigenvalue weighted by Gasteiger charge is 1.99. The summed E-state index contributed by atoms with van der Waals surface area (Å²) in [6.45, 7) is 0. The Bertz CT molecular complexity index is 1530. The van der Waals surface area contributed by atoms with Crippen molar-refractivity contribution in [1.29, 1.82) is 0 Å². The van der Waals surface area contributed by atoms with Gasteiger partial charge >= 0.3 is 0 Å². The molecular weight excluding hydrogens is 432 g/mol. The van der Waals surface area contributed by atoms with Crippen molar-refractivity contribution < 1.29 is 0 Å². The lowest BCUT2D eigenvalue weighted by Gasteiger charge is -2.02. The average Bonchev–Trinajstić information content (AvgIpc) is 2.97. The van der Waals surface area contributed by atoms with E-state index in [0.717, 1.165) is 0 Å². The maximum absolute atomic E-state index is 2.30. The van der Waals surface area contributed by atoms with E-state index in [0.29, 0.717) is 0 Å². The molecule has 0 spiro atoms. The van der Waals surface area contributed by atoms with Gasteiger partial charge in [0.2, 0.25) is 0 Å². The van der Waals surface area contributed by atoms with Crippen LogP contribution in [-0.4, -0.2) is 0 Å². The van der Waals surface area contributed by atoms with Crippen molar-refractivity contribution in [1.82, 2.24) is 0 Å². The van der Waals surface area contributed by atoms with E-state index in [1.807, 2.05) is 0 Å². The molecule has 36 heavy (non-hydrogen) atoms. The normalized spacial score (nSPS) is 11.3. The summed E-state index contributed by atoms with van der Waals surface area (Å²) in [7, 11) is 0. The molecule has 0 radical (unpaired) electrons. The van der Waals surface area contributed by atoms with Crippen molar-refractivity contribution >= 4 is 64.6 Å². The summed E-state index contributed by atoms with van der Waals surface area (Å²) in [6.07, 6.45) is 0. The molecule has 0 saturated carbocycles. The second kappa shape index (κ2) is 8.52. The van der Waals surface area contributed by atoms with Crippen LogP contribution in [0.1, 0.15) is 0 Å². The van der Waals surface area contributed by atoms with Crippen LogP contribution in [0.25, 0.3) is 64.6 Å². The van der Waals surface area contributed by atoms with E-state index >= 15 is 0 Å². The number of benzene rings is 6. The highest BCUT2D eigenvalue weighted by atomic mass is 14.0. The quantitative estimate of drug-likeness (QED) is 0.213. The molecule has 0 saturated heterocycles. The zero-order valence-electron chi connectivity index (χ0n) is 19.9. The standard InChI is InChI=1S/C36H24/c1-7-25-19-26(8-1)28-10-3-12-30(21-28)32-14-5-16-34(23-32)36-18-6-17-35(24-36)33-15-4-13-31(22-33)29-11-2-9-27(25)20-29/h1-24H. The molecule has 0 aliphatic heterocycles. The van der Waals surface area contributed by atoms with Crippen LogP contribution < -0.4 is 0 Å². The third-order valence-corrected chi connectivity index (χ3v) is 7.18. The molecule has 7 aromatic carbocycles. The zero-order valence-corrected chi connectivity index (χ0v) is 19.9. The van der Waals surface area contributed by atoms with Crippen molar-refractivity contribution in [2.75, 3.05) is 0 Å². The minimum atomic E-state index is 1.23. The van der Waals surface area contributed by atoms with Crippen LogP contribution in [0, 0.1) is 0 Å². The van der Waals surface area contributed by atoms with Gasteiger partial charge in [-0.2, -0.15) is 0 Å². The van der Waals surface area contributed by atoms with Gasteiger partial charge in [-0.1, -0.05) is 109 Å². The summed E-state index contributed by atoms with van der Waals surface area (Å²) in [5, 5.41) is 14.7. The molecule has 0 unspecified atom stereocenters. The minimum Gasteiger partial charge on any atom is -0.0610 e. The van der Waals surface area contributed by atoms with Crippen molar-refractivity contribution in [2.24, 2.45) is 0 Å². The first-order chi connectivity index (χ1) is 17.8. The molecule has 0 N–H and O–H groups in total. The summed E-state index contributed by atoms with van der Waals surface area (Å²) in [5.74, 6) is 0. The maximum Gasteiger partial charge on any atom is -0.0178 e. The van der Waals surface area contributed by atoms with E-state index in [1.165, 1.54) is 64.6 Å². The fourth-order valence-electron chi connectivity index (χ4n) is 5.27. The van der Waals surface area contributed by atoms with E-state index in [1.54, 1.807) is 0 Å². The third kappa shape index (κ3) is 3.74. The van der Waals surface area contributed by atoms with Gasteiger partial charge in [0, 0.05) is 0 Å². The molecule has 12 bridgehead atoms. The first-order valence-electron chi connectivity index (χ1n) is 12.4. The molecule has 0 aliphatic carbocycles. The van der Waals surface area contributed by atoms with Crippen LogP contribution in [0.15, 0.2) is 146 Å². The number of rotatable bonds is 0. The first kappa shape index (κ1) is 20.7. The van der Waals surface area contributed by atoms with Gasteiger partial charge in [-0.3, -0.25) is 0 Å². The van der Waals surface area contributed by atoms with E-state index < -0.39 is 0 Å². The summed E-state index contributed by atoms with van der Waals surface area (Å²) in [5.41, 5.74) is 0. The highest BCUT2D eigenvalue weighted by molar-refractivity contribution is 6.01. The SMILES string of the molecule is c1cc2cc(c1)c1cccc(c1)c1cccc(c1)c1cccc(c1)c1cccc(c1)c1cccc2c1. The highest BCUT2D eigenvalue weighted by Crippen LogP contribution is 2.26. The Kier molecular flexibility index (Phi) is 4.89. The predicted octanol–water partition coefficient (Wildman–Crippen LogP) is 10.3. The summed E-state index contributed by atoms with van der Waals surface area (Å²) >= 11 is 0. The fraction of sp³-hybridized carbons (Fsp3) is 0. The Balaban J connectivity index is 1.72. The van der Waals surface area contributed by atoms with E-state index in [9.17, 15) is 0 Å². The van der Waals surface area contributed by atoms with E-state index in [4.69, 9.17) is 0 Å². The number of hydrogen-bond donors (Lipinski definition) is 0. The zero-order chi connectivity index (χ0) is 23.9. The van der Waals surface area contributed by atoms with Gasteiger partial charge in [-0.05, 0) is 101 Å². The van der Waals surface area contributed by atoms with Crippen LogP contribution in [0.2, 0.25) is 0 Å². The molecule has 0 nitrogen and oxygen atoms in total. The molecule has 0 atom stereocenters. The second-order valence-corrected chi connectivity index (χ2v) is 9.48. The molecule has 0 fully saturated rings. The lowest BCUT2D eigenvalue weighted by Crippen LogP contribution is -1.76. The molecule has 0 heteroatoms. The molecule has 0 aliphatic rings. The van der Waals surface area contributed by atoms with Gasteiger partial charge in [0.15, 0.2) is 0 Å². The molecular formula is C36H24. The van der Waals surface area contributed by atoms with Gasteiger partial charge in [0.05, 0.1) is 0 Å². The fourth-order valence-corrected chi connectivity index (χ4v) is 5.27. The maximum atomic E-state index is 2.30.